The molecule has 2 rings (SSSR count). The van der Waals surface area contributed by atoms with E-state index in [1.807, 2.05) is 19.6 Å². The van der Waals surface area contributed by atoms with Crippen molar-refractivity contribution in [3.8, 4) is 0 Å². The minimum atomic E-state index is 0.297. The van der Waals surface area contributed by atoms with Gasteiger partial charge in [-0.2, -0.15) is 0 Å². The monoisotopic (exact) mass is 236 g/mol. The highest BCUT2D eigenvalue weighted by Gasteiger charge is 2.26. The van der Waals surface area contributed by atoms with Gasteiger partial charge in [-0.25, -0.2) is 4.98 Å². The zero-order valence-corrected chi connectivity index (χ0v) is 11.0. The van der Waals surface area contributed by atoms with E-state index in [1.165, 1.54) is 37.8 Å². The van der Waals surface area contributed by atoms with Gasteiger partial charge in [-0.1, -0.05) is 19.3 Å². The largest absolute Gasteiger partial charge is 0.336 e. The first-order valence-electron chi connectivity index (χ1n) is 6.62. The molecule has 1 aliphatic carbocycles. The molecule has 0 saturated heterocycles. The molecular weight excluding hydrogens is 212 g/mol. The Morgan fingerprint density at radius 3 is 2.71 bits per heavy atom. The predicted octanol–water partition coefficient (Wildman–Crippen LogP) is 1.68. The number of hydrogen-bond acceptors (Lipinski definition) is 3. The lowest BCUT2D eigenvalue weighted by Gasteiger charge is -2.36. The summed E-state index contributed by atoms with van der Waals surface area (Å²) in [7, 11) is 4.25. The summed E-state index contributed by atoms with van der Waals surface area (Å²) in [4.78, 5) is 6.65. The maximum Gasteiger partial charge on any atom is 0.0946 e. The van der Waals surface area contributed by atoms with Crippen molar-refractivity contribution in [2.24, 2.45) is 12.8 Å². The van der Waals surface area contributed by atoms with Crippen LogP contribution in [0.4, 0.5) is 0 Å². The van der Waals surface area contributed by atoms with E-state index in [-0.39, 0.29) is 0 Å². The molecule has 0 radical (unpaired) electrons. The van der Waals surface area contributed by atoms with Crippen LogP contribution < -0.4 is 5.73 Å². The third-order valence-electron chi connectivity index (χ3n) is 4.06. The second-order valence-corrected chi connectivity index (χ2v) is 5.14. The van der Waals surface area contributed by atoms with Crippen molar-refractivity contribution in [3.05, 3.63) is 18.2 Å². The Labute approximate surface area is 104 Å². The highest BCUT2D eigenvalue weighted by molar-refractivity contribution is 5.06. The van der Waals surface area contributed by atoms with Gasteiger partial charge in [0.05, 0.1) is 18.1 Å². The average molecular weight is 236 g/mol. The van der Waals surface area contributed by atoms with Crippen LogP contribution in [0.1, 0.15) is 43.8 Å². The second-order valence-electron chi connectivity index (χ2n) is 5.14. The van der Waals surface area contributed by atoms with Crippen LogP contribution in [0, 0.1) is 0 Å². The Bertz CT molecular complexity index is 341. The smallest absolute Gasteiger partial charge is 0.0946 e. The van der Waals surface area contributed by atoms with Crippen LogP contribution in [-0.2, 0) is 7.05 Å². The van der Waals surface area contributed by atoms with Crippen molar-refractivity contribution in [1.82, 2.24) is 14.5 Å². The molecule has 1 aliphatic rings. The molecule has 4 heteroatoms. The van der Waals surface area contributed by atoms with Crippen LogP contribution in [0.5, 0.6) is 0 Å². The first-order valence-corrected chi connectivity index (χ1v) is 6.62. The van der Waals surface area contributed by atoms with Crippen LogP contribution in [-0.4, -0.2) is 34.1 Å². The molecule has 96 valence electrons. The van der Waals surface area contributed by atoms with Gasteiger partial charge in [-0.15, -0.1) is 0 Å². The SMILES string of the molecule is CN(C1CCCCC1)C(CN)c1cncn1C. The molecular formula is C13H24N4. The number of likely N-dealkylation sites (N-methyl/N-ethyl adjacent to an activating group) is 1. The summed E-state index contributed by atoms with van der Waals surface area (Å²) < 4.78 is 2.08. The first-order chi connectivity index (χ1) is 8.24. The maximum absolute atomic E-state index is 5.96. The quantitative estimate of drug-likeness (QED) is 0.865. The fourth-order valence-corrected chi connectivity index (χ4v) is 2.93. The molecule has 1 aromatic heterocycles. The van der Waals surface area contributed by atoms with Gasteiger partial charge in [0.15, 0.2) is 0 Å². The van der Waals surface area contributed by atoms with Crippen molar-refractivity contribution < 1.29 is 0 Å². The Morgan fingerprint density at radius 2 is 2.18 bits per heavy atom. The molecule has 4 nitrogen and oxygen atoms in total. The lowest BCUT2D eigenvalue weighted by Crippen LogP contribution is -2.40. The number of nitrogens with zero attached hydrogens (tertiary/aromatic N) is 3. The summed E-state index contributed by atoms with van der Waals surface area (Å²) >= 11 is 0. The van der Waals surface area contributed by atoms with Gasteiger partial charge in [-0.05, 0) is 19.9 Å². The van der Waals surface area contributed by atoms with E-state index in [4.69, 9.17) is 5.73 Å². The highest BCUT2D eigenvalue weighted by atomic mass is 15.2. The molecule has 0 spiro atoms. The van der Waals surface area contributed by atoms with E-state index in [2.05, 4.69) is 21.5 Å². The summed E-state index contributed by atoms with van der Waals surface area (Å²) in [5.74, 6) is 0. The fraction of sp³-hybridized carbons (Fsp3) is 0.769. The fourth-order valence-electron chi connectivity index (χ4n) is 2.93. The van der Waals surface area contributed by atoms with Crippen LogP contribution in [0.25, 0.3) is 0 Å². The van der Waals surface area contributed by atoms with Gasteiger partial charge in [0.25, 0.3) is 0 Å². The molecule has 1 unspecified atom stereocenters. The summed E-state index contributed by atoms with van der Waals surface area (Å²) in [5.41, 5.74) is 7.18. The molecule has 2 N–H and O–H groups in total. The molecule has 1 heterocycles. The van der Waals surface area contributed by atoms with Crippen LogP contribution in [0.2, 0.25) is 0 Å². The Hall–Kier alpha value is -0.870. The number of hydrogen-bond donors (Lipinski definition) is 1. The van der Waals surface area contributed by atoms with Gasteiger partial charge < -0.3 is 10.3 Å². The van der Waals surface area contributed by atoms with E-state index in [0.717, 1.165) is 0 Å². The van der Waals surface area contributed by atoms with E-state index in [0.29, 0.717) is 18.6 Å². The van der Waals surface area contributed by atoms with Crippen molar-refractivity contribution in [2.75, 3.05) is 13.6 Å². The third kappa shape index (κ3) is 2.69. The normalized spacial score (nSPS) is 19.8. The summed E-state index contributed by atoms with van der Waals surface area (Å²) in [5, 5.41) is 0. The first kappa shape index (κ1) is 12.6. The molecule has 0 amide bonds. The Kier molecular flexibility index (Phi) is 4.18. The van der Waals surface area contributed by atoms with Crippen molar-refractivity contribution in [2.45, 2.75) is 44.2 Å². The molecule has 17 heavy (non-hydrogen) atoms. The van der Waals surface area contributed by atoms with Gasteiger partial charge in [0.1, 0.15) is 0 Å². The number of rotatable bonds is 4. The minimum absolute atomic E-state index is 0.297. The molecule has 0 bridgehead atoms. The van der Waals surface area contributed by atoms with Crippen LogP contribution in [0.15, 0.2) is 12.5 Å². The summed E-state index contributed by atoms with van der Waals surface area (Å²) in [6, 6.07) is 0.984. The molecule has 0 aliphatic heterocycles. The lowest BCUT2D eigenvalue weighted by molar-refractivity contribution is 0.136. The minimum Gasteiger partial charge on any atom is -0.336 e. The van der Waals surface area contributed by atoms with Gasteiger partial charge in [0, 0.05) is 25.8 Å². The van der Waals surface area contributed by atoms with E-state index in [1.54, 1.807) is 0 Å². The molecule has 1 atom stereocenters. The lowest BCUT2D eigenvalue weighted by atomic mass is 9.93. The number of imidazole rings is 1. The topological polar surface area (TPSA) is 47.1 Å². The van der Waals surface area contributed by atoms with Gasteiger partial charge in [0.2, 0.25) is 0 Å². The molecule has 1 fully saturated rings. The van der Waals surface area contributed by atoms with Crippen LogP contribution >= 0.6 is 0 Å². The Morgan fingerprint density at radius 1 is 1.47 bits per heavy atom. The van der Waals surface area contributed by atoms with E-state index in [9.17, 15) is 0 Å². The van der Waals surface area contributed by atoms with E-state index >= 15 is 0 Å². The van der Waals surface area contributed by atoms with Crippen molar-refractivity contribution >= 4 is 0 Å². The van der Waals surface area contributed by atoms with Gasteiger partial charge >= 0.3 is 0 Å². The van der Waals surface area contributed by atoms with Crippen LogP contribution in [0.3, 0.4) is 0 Å². The molecule has 1 saturated carbocycles. The zero-order valence-electron chi connectivity index (χ0n) is 11.0. The molecule has 1 aromatic rings. The van der Waals surface area contributed by atoms with Crippen molar-refractivity contribution in [3.63, 3.8) is 0 Å². The molecule has 0 aromatic carbocycles. The van der Waals surface area contributed by atoms with Crippen molar-refractivity contribution in [1.29, 1.82) is 0 Å². The zero-order chi connectivity index (χ0) is 12.3. The highest BCUT2D eigenvalue weighted by Crippen LogP contribution is 2.27. The Balaban J connectivity index is 2.09. The number of nitrogens with two attached hydrogens (primary N) is 1. The second kappa shape index (κ2) is 5.65. The number of aromatic nitrogens is 2. The maximum atomic E-state index is 5.96. The number of aryl methyl sites for hydroxylation is 1. The average Bonchev–Trinajstić information content (AvgIpc) is 2.78. The summed E-state index contributed by atoms with van der Waals surface area (Å²) in [6.45, 7) is 0.659. The van der Waals surface area contributed by atoms with Gasteiger partial charge in [-0.3, -0.25) is 4.90 Å². The standard InChI is InChI=1S/C13H24N4/c1-16-10-15-9-13(16)12(8-14)17(2)11-6-4-3-5-7-11/h9-12H,3-8,14H2,1-2H3. The third-order valence-corrected chi connectivity index (χ3v) is 4.06. The predicted molar refractivity (Wildman–Crippen MR) is 69.6 cm³/mol. The van der Waals surface area contributed by atoms with E-state index < -0.39 is 0 Å². The summed E-state index contributed by atoms with van der Waals surface area (Å²) in [6.07, 6.45) is 10.5.